The highest BCUT2D eigenvalue weighted by molar-refractivity contribution is 6.04. The highest BCUT2D eigenvalue weighted by atomic mass is 16.3. The molecule has 0 N–H and O–H groups in total. The van der Waals surface area contributed by atoms with Gasteiger partial charge in [0.1, 0.15) is 16.9 Å². The van der Waals surface area contributed by atoms with Gasteiger partial charge in [0.2, 0.25) is 0 Å². The first kappa shape index (κ1) is 13.4. The van der Waals surface area contributed by atoms with Crippen LogP contribution in [-0.4, -0.2) is 0 Å². The Morgan fingerprint density at radius 2 is 1.87 bits per heavy atom. The maximum Gasteiger partial charge on any atom is 0.193 e. The SMILES string of the molecule is Cc1coc2ccc3c(=O)cc(-c4ccc(C#N)cc4)oc3c12. The Hall–Kier alpha value is -3.32. The molecule has 0 unspecified atom stereocenters. The molecular formula is C19H11NO3. The molecule has 0 aliphatic rings. The Morgan fingerprint density at radius 1 is 1.09 bits per heavy atom. The second-order valence-corrected chi connectivity index (χ2v) is 5.40. The molecule has 0 saturated carbocycles. The number of fused-ring (bicyclic) bond motifs is 3. The smallest absolute Gasteiger partial charge is 0.193 e. The van der Waals surface area contributed by atoms with Gasteiger partial charge < -0.3 is 8.83 Å². The Labute approximate surface area is 131 Å². The van der Waals surface area contributed by atoms with E-state index >= 15 is 0 Å². The van der Waals surface area contributed by atoms with Crippen LogP contribution in [0.25, 0.3) is 33.3 Å². The van der Waals surface area contributed by atoms with Crippen LogP contribution < -0.4 is 5.43 Å². The number of nitrogens with zero attached hydrogens (tertiary/aromatic N) is 1. The van der Waals surface area contributed by atoms with Crippen LogP contribution in [0.5, 0.6) is 0 Å². The van der Waals surface area contributed by atoms with Gasteiger partial charge in [-0.3, -0.25) is 4.79 Å². The maximum atomic E-state index is 12.4. The highest BCUT2D eigenvalue weighted by Crippen LogP contribution is 2.31. The molecule has 0 radical (unpaired) electrons. The van der Waals surface area contributed by atoms with Crippen LogP contribution in [0, 0.1) is 18.3 Å². The summed E-state index contributed by atoms with van der Waals surface area (Å²) in [6.45, 7) is 1.92. The third kappa shape index (κ3) is 2.02. The van der Waals surface area contributed by atoms with Gasteiger partial charge >= 0.3 is 0 Å². The summed E-state index contributed by atoms with van der Waals surface area (Å²) in [6, 6.07) is 14.0. The van der Waals surface area contributed by atoms with Crippen LogP contribution in [0.3, 0.4) is 0 Å². The minimum atomic E-state index is -0.104. The number of rotatable bonds is 1. The molecule has 4 aromatic rings. The lowest BCUT2D eigenvalue weighted by Gasteiger charge is -2.04. The Kier molecular flexibility index (Phi) is 2.82. The van der Waals surface area contributed by atoms with Crippen molar-refractivity contribution in [1.29, 1.82) is 5.26 Å². The fourth-order valence-electron chi connectivity index (χ4n) is 2.73. The number of hydrogen-bond acceptors (Lipinski definition) is 4. The van der Waals surface area contributed by atoms with Gasteiger partial charge in [-0.2, -0.15) is 5.26 Å². The van der Waals surface area contributed by atoms with Gasteiger partial charge in [-0.05, 0) is 48.9 Å². The van der Waals surface area contributed by atoms with Gasteiger partial charge in [0.15, 0.2) is 5.43 Å². The molecule has 0 aliphatic carbocycles. The summed E-state index contributed by atoms with van der Waals surface area (Å²) in [6.07, 6.45) is 1.65. The lowest BCUT2D eigenvalue weighted by atomic mass is 10.1. The Balaban J connectivity index is 2.05. The lowest BCUT2D eigenvalue weighted by molar-refractivity contribution is 0.610. The van der Waals surface area contributed by atoms with Gasteiger partial charge in [0.25, 0.3) is 0 Å². The topological polar surface area (TPSA) is 67.1 Å². The monoisotopic (exact) mass is 301 g/mol. The summed E-state index contributed by atoms with van der Waals surface area (Å²) in [4.78, 5) is 12.4. The molecular weight excluding hydrogens is 290 g/mol. The van der Waals surface area contributed by atoms with Gasteiger partial charge in [0, 0.05) is 11.6 Å². The van der Waals surface area contributed by atoms with E-state index < -0.39 is 0 Å². The molecule has 23 heavy (non-hydrogen) atoms. The zero-order valence-electron chi connectivity index (χ0n) is 12.3. The first-order chi connectivity index (χ1) is 11.2. The van der Waals surface area contributed by atoms with Crippen molar-refractivity contribution in [3.63, 3.8) is 0 Å². The Morgan fingerprint density at radius 3 is 2.61 bits per heavy atom. The van der Waals surface area contributed by atoms with E-state index in [1.165, 1.54) is 6.07 Å². The van der Waals surface area contributed by atoms with Crippen LogP contribution in [0.2, 0.25) is 0 Å². The minimum Gasteiger partial charge on any atom is -0.464 e. The second-order valence-electron chi connectivity index (χ2n) is 5.40. The van der Waals surface area contributed by atoms with Crippen molar-refractivity contribution in [2.75, 3.05) is 0 Å². The van der Waals surface area contributed by atoms with Crippen molar-refractivity contribution < 1.29 is 8.83 Å². The normalized spacial score (nSPS) is 11.0. The van der Waals surface area contributed by atoms with E-state index in [0.717, 1.165) is 16.5 Å². The predicted molar refractivity (Wildman–Crippen MR) is 87.1 cm³/mol. The number of nitriles is 1. The standard InChI is InChI=1S/C19H11NO3/c1-11-10-22-16-7-6-14-15(21)8-17(23-19(14)18(11)16)13-4-2-12(9-20)3-5-13/h2-8,10H,1H3. The summed E-state index contributed by atoms with van der Waals surface area (Å²) in [5, 5.41) is 10.2. The van der Waals surface area contributed by atoms with Gasteiger partial charge in [-0.25, -0.2) is 0 Å². The van der Waals surface area contributed by atoms with Crippen molar-refractivity contribution in [2.45, 2.75) is 6.92 Å². The average Bonchev–Trinajstić information content (AvgIpc) is 2.96. The molecule has 2 heterocycles. The number of aryl methyl sites for hydroxylation is 1. The van der Waals surface area contributed by atoms with E-state index in [9.17, 15) is 4.79 Å². The van der Waals surface area contributed by atoms with Crippen molar-refractivity contribution in [1.82, 2.24) is 0 Å². The Bertz CT molecular complexity index is 1140. The number of benzene rings is 2. The summed E-state index contributed by atoms with van der Waals surface area (Å²) in [7, 11) is 0. The fraction of sp³-hybridized carbons (Fsp3) is 0.0526. The van der Waals surface area contributed by atoms with Crippen LogP contribution >= 0.6 is 0 Å². The first-order valence-electron chi connectivity index (χ1n) is 7.12. The average molecular weight is 301 g/mol. The summed E-state index contributed by atoms with van der Waals surface area (Å²) in [5.74, 6) is 0.472. The molecule has 4 nitrogen and oxygen atoms in total. The molecule has 0 atom stereocenters. The second kappa shape index (κ2) is 4.85. The first-order valence-corrected chi connectivity index (χ1v) is 7.12. The van der Waals surface area contributed by atoms with Crippen molar-refractivity contribution in [3.05, 3.63) is 70.1 Å². The maximum absolute atomic E-state index is 12.4. The van der Waals surface area contributed by atoms with Crippen molar-refractivity contribution >= 4 is 21.9 Å². The van der Waals surface area contributed by atoms with E-state index in [1.54, 1.807) is 42.7 Å². The summed E-state index contributed by atoms with van der Waals surface area (Å²) < 4.78 is 11.5. The molecule has 0 aliphatic heterocycles. The zero-order chi connectivity index (χ0) is 16.0. The highest BCUT2D eigenvalue weighted by Gasteiger charge is 2.13. The summed E-state index contributed by atoms with van der Waals surface area (Å²) in [5.41, 5.74) is 3.35. The fourth-order valence-corrected chi connectivity index (χ4v) is 2.73. The van der Waals surface area contributed by atoms with Crippen LogP contribution in [0.4, 0.5) is 0 Å². The zero-order valence-corrected chi connectivity index (χ0v) is 12.3. The molecule has 0 fully saturated rings. The van der Waals surface area contributed by atoms with Crippen molar-refractivity contribution in [2.24, 2.45) is 0 Å². The molecule has 4 heteroatoms. The van der Waals surface area contributed by atoms with E-state index in [2.05, 4.69) is 6.07 Å². The molecule has 0 bridgehead atoms. The molecule has 0 saturated heterocycles. The molecule has 110 valence electrons. The van der Waals surface area contributed by atoms with Gasteiger partial charge in [-0.1, -0.05) is 0 Å². The third-order valence-corrected chi connectivity index (χ3v) is 3.91. The quantitative estimate of drug-likeness (QED) is 0.523. The summed E-state index contributed by atoms with van der Waals surface area (Å²) >= 11 is 0. The van der Waals surface area contributed by atoms with Crippen LogP contribution in [0.1, 0.15) is 11.1 Å². The molecule has 4 rings (SSSR count). The minimum absolute atomic E-state index is 0.104. The van der Waals surface area contributed by atoms with Gasteiger partial charge in [0.05, 0.1) is 28.7 Å². The number of furan rings is 1. The van der Waals surface area contributed by atoms with Crippen LogP contribution in [0.15, 0.2) is 62.4 Å². The molecule has 2 aromatic carbocycles. The van der Waals surface area contributed by atoms with Crippen molar-refractivity contribution in [3.8, 4) is 17.4 Å². The predicted octanol–water partition coefficient (Wildman–Crippen LogP) is 4.39. The lowest BCUT2D eigenvalue weighted by Crippen LogP contribution is -2.00. The molecule has 0 spiro atoms. The van der Waals surface area contributed by atoms with Gasteiger partial charge in [-0.15, -0.1) is 0 Å². The van der Waals surface area contributed by atoms with E-state index in [-0.39, 0.29) is 5.43 Å². The third-order valence-electron chi connectivity index (χ3n) is 3.91. The number of hydrogen-bond donors (Lipinski definition) is 0. The van der Waals surface area contributed by atoms with E-state index in [1.807, 2.05) is 6.92 Å². The van der Waals surface area contributed by atoms with E-state index in [0.29, 0.717) is 27.9 Å². The van der Waals surface area contributed by atoms with Crippen LogP contribution in [-0.2, 0) is 0 Å². The molecule has 2 aromatic heterocycles. The molecule has 0 amide bonds. The van der Waals surface area contributed by atoms with E-state index in [4.69, 9.17) is 14.1 Å². The largest absolute Gasteiger partial charge is 0.464 e.